The van der Waals surface area contributed by atoms with E-state index in [1.165, 1.54) is 25.3 Å². The number of nitrogens with two attached hydrogens (primary N) is 1. The Morgan fingerprint density at radius 2 is 1.98 bits per heavy atom. The molecule has 0 radical (unpaired) electrons. The zero-order valence-corrected chi connectivity index (χ0v) is 23.6. The van der Waals surface area contributed by atoms with Crippen LogP contribution in [0.1, 0.15) is 60.0 Å². The highest BCUT2D eigenvalue weighted by Crippen LogP contribution is 2.35. The maximum absolute atomic E-state index is 12.2. The Labute approximate surface area is 236 Å². The molecule has 1 aromatic heterocycles. The number of ether oxygens (including phenoxy) is 1. The predicted molar refractivity (Wildman–Crippen MR) is 160 cm³/mol. The quantitative estimate of drug-likeness (QED) is 0.218. The number of amides is 1. The number of carbonyl (C=O) groups excluding carboxylic acids is 1. The van der Waals surface area contributed by atoms with Gasteiger partial charge >= 0.3 is 0 Å². The van der Waals surface area contributed by atoms with Crippen LogP contribution in [0.15, 0.2) is 36.8 Å². The molecule has 11 heteroatoms. The fourth-order valence-corrected chi connectivity index (χ4v) is 5.24. The van der Waals surface area contributed by atoms with Gasteiger partial charge in [-0.1, -0.05) is 19.4 Å². The Bertz CT molecular complexity index is 1270. The number of likely N-dealkylation sites (N-methyl/N-ethyl adjacent to an activating group) is 1. The minimum absolute atomic E-state index is 0.132. The van der Waals surface area contributed by atoms with Crippen molar-refractivity contribution in [2.24, 2.45) is 5.73 Å². The monoisotopic (exact) mass is 547 g/mol. The molecule has 2 heterocycles. The molecule has 1 saturated carbocycles. The molecule has 1 aliphatic heterocycles. The van der Waals surface area contributed by atoms with Crippen LogP contribution in [0.5, 0.6) is 5.75 Å². The van der Waals surface area contributed by atoms with Gasteiger partial charge in [-0.3, -0.25) is 4.79 Å². The Morgan fingerprint density at radius 3 is 2.65 bits per heavy atom. The van der Waals surface area contributed by atoms with Crippen LogP contribution in [0.2, 0.25) is 0 Å². The first-order valence-corrected chi connectivity index (χ1v) is 13.8. The number of likely N-dealkylation sites (tertiary alicyclic amines) is 1. The van der Waals surface area contributed by atoms with E-state index < -0.39 is 5.91 Å². The van der Waals surface area contributed by atoms with Crippen LogP contribution >= 0.6 is 0 Å². The number of methoxy groups -OCH3 is 1. The molecule has 214 valence electrons. The maximum atomic E-state index is 12.2. The van der Waals surface area contributed by atoms with Crippen LogP contribution in [0.4, 0.5) is 17.5 Å². The fraction of sp³-hybridized carbons (Fsp3) is 0.448. The SMILES string of the molecule is C=C(NC1CCCC1)c1cc(C)c(Nc2nc(N/C(C=N)=C/NC3CCCN(C)C3)ncc2C(N)=O)c(OC)c1. The summed E-state index contributed by atoms with van der Waals surface area (Å²) >= 11 is 0. The third-order valence-electron chi connectivity index (χ3n) is 7.41. The number of aryl methyl sites for hydroxylation is 1. The van der Waals surface area contributed by atoms with Crippen molar-refractivity contribution in [2.75, 3.05) is 37.9 Å². The molecule has 1 unspecified atom stereocenters. The average molecular weight is 548 g/mol. The molecule has 0 spiro atoms. The summed E-state index contributed by atoms with van der Waals surface area (Å²) in [6.07, 6.45) is 11.3. The number of hydrogen-bond donors (Lipinski definition) is 6. The number of rotatable bonds is 12. The Morgan fingerprint density at radius 1 is 1.23 bits per heavy atom. The van der Waals surface area contributed by atoms with E-state index >= 15 is 0 Å². The Balaban J connectivity index is 1.55. The number of carbonyl (C=O) groups is 1. The minimum atomic E-state index is -0.665. The van der Waals surface area contributed by atoms with E-state index in [9.17, 15) is 4.79 Å². The summed E-state index contributed by atoms with van der Waals surface area (Å²) in [4.78, 5) is 23.3. The normalized spacial score (nSPS) is 18.2. The minimum Gasteiger partial charge on any atom is -0.495 e. The summed E-state index contributed by atoms with van der Waals surface area (Å²) in [5.74, 6) is 0.359. The van der Waals surface area contributed by atoms with Gasteiger partial charge in [-0.05, 0) is 63.9 Å². The highest BCUT2D eigenvalue weighted by molar-refractivity contribution is 5.98. The first kappa shape index (κ1) is 28.9. The van der Waals surface area contributed by atoms with Crippen molar-refractivity contribution in [1.82, 2.24) is 25.5 Å². The van der Waals surface area contributed by atoms with Crippen LogP contribution < -0.4 is 31.7 Å². The molecule has 40 heavy (non-hydrogen) atoms. The molecule has 0 bridgehead atoms. The maximum Gasteiger partial charge on any atom is 0.254 e. The highest BCUT2D eigenvalue weighted by Gasteiger charge is 2.20. The van der Waals surface area contributed by atoms with Crippen molar-refractivity contribution in [1.29, 1.82) is 5.41 Å². The van der Waals surface area contributed by atoms with E-state index in [4.69, 9.17) is 15.9 Å². The van der Waals surface area contributed by atoms with Crippen molar-refractivity contribution in [3.05, 3.63) is 53.5 Å². The number of nitrogens with one attached hydrogen (secondary N) is 5. The molecule has 1 aromatic carbocycles. The van der Waals surface area contributed by atoms with Crippen molar-refractivity contribution in [3.63, 3.8) is 0 Å². The molecule has 11 nitrogen and oxygen atoms in total. The van der Waals surface area contributed by atoms with Crippen LogP contribution in [0.25, 0.3) is 5.70 Å². The van der Waals surface area contributed by atoms with Gasteiger partial charge in [0.2, 0.25) is 5.95 Å². The van der Waals surface area contributed by atoms with Crippen LogP contribution in [0.3, 0.4) is 0 Å². The second-order valence-corrected chi connectivity index (χ2v) is 10.6. The number of benzene rings is 1. The van der Waals surface area contributed by atoms with Gasteiger partial charge in [-0.25, -0.2) is 4.98 Å². The third kappa shape index (κ3) is 7.29. The molecule has 1 aliphatic carbocycles. The molecule has 2 aromatic rings. The first-order chi connectivity index (χ1) is 19.3. The van der Waals surface area contributed by atoms with Gasteiger partial charge in [0.05, 0.1) is 18.5 Å². The summed E-state index contributed by atoms with van der Waals surface area (Å²) in [6, 6.07) is 4.67. The van der Waals surface area contributed by atoms with Crippen LogP contribution in [-0.2, 0) is 0 Å². The van der Waals surface area contributed by atoms with Crippen LogP contribution in [0, 0.1) is 12.3 Å². The number of primary amides is 1. The fourth-order valence-electron chi connectivity index (χ4n) is 5.24. The van der Waals surface area contributed by atoms with Gasteiger partial charge in [-0.15, -0.1) is 0 Å². The smallest absolute Gasteiger partial charge is 0.254 e. The lowest BCUT2D eigenvalue weighted by molar-refractivity contribution is 0.100. The first-order valence-electron chi connectivity index (χ1n) is 13.8. The molecule has 1 amide bonds. The predicted octanol–water partition coefficient (Wildman–Crippen LogP) is 3.73. The number of anilines is 3. The van der Waals surface area contributed by atoms with Gasteiger partial charge in [0.15, 0.2) is 0 Å². The molecule has 2 fully saturated rings. The van der Waals surface area contributed by atoms with Crippen LogP contribution in [-0.4, -0.2) is 66.3 Å². The molecule has 7 N–H and O–H groups in total. The molecule has 4 rings (SSSR count). The standard InChI is InChI=1S/C29H41N9O2/c1-18-12-20(19(2)34-21-8-5-6-9-21)13-25(40-4)26(18)36-28-24(27(31)39)16-33-29(37-28)35-23(14-30)15-32-22-10-7-11-38(3)17-22/h12-16,21-22,30,32,34H,2,5-11,17H2,1,3-4H3,(H2,31,39)(H2,33,35,36,37)/b23-15+,30-14?. The number of hydrogen-bond acceptors (Lipinski definition) is 10. The van der Waals surface area contributed by atoms with Gasteiger partial charge in [-0.2, -0.15) is 4.98 Å². The van der Waals surface area contributed by atoms with E-state index in [-0.39, 0.29) is 17.3 Å². The summed E-state index contributed by atoms with van der Waals surface area (Å²) in [5.41, 5.74) is 9.58. The Kier molecular flexibility index (Phi) is 9.60. The lowest BCUT2D eigenvalue weighted by Crippen LogP contribution is -2.42. The number of nitrogens with zero attached hydrogens (tertiary/aromatic N) is 3. The van der Waals surface area contributed by atoms with Crippen molar-refractivity contribution < 1.29 is 9.53 Å². The largest absolute Gasteiger partial charge is 0.495 e. The van der Waals surface area contributed by atoms with Gasteiger partial charge in [0, 0.05) is 48.5 Å². The second kappa shape index (κ2) is 13.3. The molecule has 2 aliphatic rings. The second-order valence-electron chi connectivity index (χ2n) is 10.6. The zero-order valence-electron chi connectivity index (χ0n) is 23.6. The summed E-state index contributed by atoms with van der Waals surface area (Å²) in [5, 5.41) is 21.0. The Hall–Kier alpha value is -4.12. The van der Waals surface area contributed by atoms with Crippen molar-refractivity contribution >= 4 is 35.3 Å². The molecular formula is C29H41N9O2. The van der Waals surface area contributed by atoms with E-state index in [2.05, 4.69) is 49.8 Å². The summed E-state index contributed by atoms with van der Waals surface area (Å²) in [6.45, 7) is 8.22. The van der Waals surface area contributed by atoms with Gasteiger partial charge < -0.3 is 42.0 Å². The van der Waals surface area contributed by atoms with Crippen molar-refractivity contribution in [2.45, 2.75) is 57.5 Å². The van der Waals surface area contributed by atoms with E-state index in [1.807, 2.05) is 19.1 Å². The van der Waals surface area contributed by atoms with E-state index in [1.54, 1.807) is 13.3 Å². The zero-order chi connectivity index (χ0) is 28.6. The van der Waals surface area contributed by atoms with Crippen molar-refractivity contribution in [3.8, 4) is 5.75 Å². The number of piperidine rings is 1. The number of aromatic nitrogens is 2. The third-order valence-corrected chi connectivity index (χ3v) is 7.41. The topological polar surface area (TPSA) is 153 Å². The van der Waals surface area contributed by atoms with E-state index in [0.29, 0.717) is 29.2 Å². The van der Waals surface area contributed by atoms with Gasteiger partial charge in [0.25, 0.3) is 5.91 Å². The molecule has 1 saturated heterocycles. The summed E-state index contributed by atoms with van der Waals surface area (Å²) in [7, 11) is 3.70. The lowest BCUT2D eigenvalue weighted by atomic mass is 10.0. The average Bonchev–Trinajstić information content (AvgIpc) is 3.45. The summed E-state index contributed by atoms with van der Waals surface area (Å²) < 4.78 is 5.71. The molecule has 1 atom stereocenters. The highest BCUT2D eigenvalue weighted by atomic mass is 16.5. The van der Waals surface area contributed by atoms with Gasteiger partial charge in [0.1, 0.15) is 17.1 Å². The lowest BCUT2D eigenvalue weighted by Gasteiger charge is -2.29. The van der Waals surface area contributed by atoms with E-state index in [0.717, 1.165) is 55.6 Å². The molecular weight excluding hydrogens is 506 g/mol. The number of allylic oxidation sites excluding steroid dienone is 1.